The molecule has 1 heterocycles. The molecule has 1 aromatic rings. The predicted octanol–water partition coefficient (Wildman–Crippen LogP) is 2.92. The van der Waals surface area contributed by atoms with E-state index in [0.717, 1.165) is 0 Å². The fourth-order valence-corrected chi connectivity index (χ4v) is 1.69. The first kappa shape index (κ1) is 11.2. The van der Waals surface area contributed by atoms with Gasteiger partial charge in [0.25, 0.3) is 0 Å². The number of rotatable bonds is 5. The maximum absolute atomic E-state index is 4.02. The maximum Gasteiger partial charge on any atom is 0.0295 e. The molecule has 0 aliphatic carbocycles. The van der Waals surface area contributed by atoms with Gasteiger partial charge in [0, 0.05) is 24.5 Å². The molecule has 14 heavy (non-hydrogen) atoms. The van der Waals surface area contributed by atoms with E-state index in [1.165, 1.54) is 18.4 Å². The summed E-state index contributed by atoms with van der Waals surface area (Å²) >= 11 is 0. The lowest BCUT2D eigenvalue weighted by Gasteiger charge is -2.19. The van der Waals surface area contributed by atoms with Crippen LogP contribution in [-0.4, -0.2) is 11.0 Å². The van der Waals surface area contributed by atoms with Crippen molar-refractivity contribution in [3.05, 3.63) is 30.1 Å². The highest BCUT2D eigenvalue weighted by atomic mass is 14.9. The minimum Gasteiger partial charge on any atom is -0.308 e. The molecular weight excluding hydrogens is 172 g/mol. The SMILES string of the molecule is CCCC(C)N[C@H](C)c1ccncc1. The quantitative estimate of drug-likeness (QED) is 0.776. The number of pyridine rings is 1. The van der Waals surface area contributed by atoms with Gasteiger partial charge in [0.15, 0.2) is 0 Å². The normalized spacial score (nSPS) is 15.1. The van der Waals surface area contributed by atoms with Crippen molar-refractivity contribution in [1.82, 2.24) is 10.3 Å². The van der Waals surface area contributed by atoms with Crippen molar-refractivity contribution in [2.75, 3.05) is 0 Å². The molecule has 0 bridgehead atoms. The lowest BCUT2D eigenvalue weighted by molar-refractivity contribution is 0.452. The van der Waals surface area contributed by atoms with E-state index in [-0.39, 0.29) is 0 Å². The lowest BCUT2D eigenvalue weighted by atomic mass is 10.1. The molecule has 0 aliphatic heterocycles. The summed E-state index contributed by atoms with van der Waals surface area (Å²) in [5.41, 5.74) is 1.31. The Morgan fingerprint density at radius 1 is 1.29 bits per heavy atom. The van der Waals surface area contributed by atoms with Crippen LogP contribution in [-0.2, 0) is 0 Å². The molecule has 0 saturated carbocycles. The minimum atomic E-state index is 0.416. The van der Waals surface area contributed by atoms with E-state index in [0.29, 0.717) is 12.1 Å². The van der Waals surface area contributed by atoms with Crippen LogP contribution in [0.1, 0.15) is 45.2 Å². The fraction of sp³-hybridized carbons (Fsp3) is 0.583. The molecule has 0 spiro atoms. The first-order valence-electron chi connectivity index (χ1n) is 5.40. The maximum atomic E-state index is 4.02. The van der Waals surface area contributed by atoms with Gasteiger partial charge < -0.3 is 5.32 Å². The number of hydrogen-bond donors (Lipinski definition) is 1. The summed E-state index contributed by atoms with van der Waals surface area (Å²) < 4.78 is 0. The van der Waals surface area contributed by atoms with Crippen LogP contribution in [0.5, 0.6) is 0 Å². The molecule has 78 valence electrons. The van der Waals surface area contributed by atoms with Crippen molar-refractivity contribution < 1.29 is 0 Å². The summed E-state index contributed by atoms with van der Waals surface area (Å²) in [6, 6.07) is 5.13. The molecular formula is C12H20N2. The Bertz CT molecular complexity index is 246. The molecule has 2 atom stereocenters. The topological polar surface area (TPSA) is 24.9 Å². The van der Waals surface area contributed by atoms with Crippen LogP contribution >= 0.6 is 0 Å². The third-order valence-electron chi connectivity index (χ3n) is 2.46. The molecule has 0 fully saturated rings. The fourth-order valence-electron chi connectivity index (χ4n) is 1.69. The first-order chi connectivity index (χ1) is 6.74. The van der Waals surface area contributed by atoms with Crippen LogP contribution in [0.25, 0.3) is 0 Å². The second-order valence-corrected chi connectivity index (χ2v) is 3.86. The van der Waals surface area contributed by atoms with E-state index in [1.54, 1.807) is 0 Å². The number of aromatic nitrogens is 1. The zero-order valence-corrected chi connectivity index (χ0v) is 9.33. The van der Waals surface area contributed by atoms with Crippen molar-refractivity contribution >= 4 is 0 Å². The van der Waals surface area contributed by atoms with Crippen molar-refractivity contribution in [3.63, 3.8) is 0 Å². The molecule has 1 aromatic heterocycles. The molecule has 0 aromatic carbocycles. The third-order valence-corrected chi connectivity index (χ3v) is 2.46. The van der Waals surface area contributed by atoms with E-state index in [2.05, 4.69) is 43.2 Å². The Kier molecular flexibility index (Phi) is 4.60. The monoisotopic (exact) mass is 192 g/mol. The summed E-state index contributed by atoms with van der Waals surface area (Å²) in [6.45, 7) is 6.65. The Balaban J connectivity index is 2.46. The third kappa shape index (κ3) is 3.46. The van der Waals surface area contributed by atoms with Crippen LogP contribution in [0, 0.1) is 0 Å². The molecule has 0 radical (unpaired) electrons. The molecule has 1 rings (SSSR count). The second-order valence-electron chi connectivity index (χ2n) is 3.86. The summed E-state index contributed by atoms with van der Waals surface area (Å²) in [5.74, 6) is 0. The summed E-state index contributed by atoms with van der Waals surface area (Å²) in [5, 5.41) is 3.57. The van der Waals surface area contributed by atoms with E-state index >= 15 is 0 Å². The van der Waals surface area contributed by atoms with Gasteiger partial charge in [0.2, 0.25) is 0 Å². The van der Waals surface area contributed by atoms with Crippen molar-refractivity contribution in [2.24, 2.45) is 0 Å². The van der Waals surface area contributed by atoms with Gasteiger partial charge in [-0.1, -0.05) is 13.3 Å². The van der Waals surface area contributed by atoms with Crippen LogP contribution in [0.4, 0.5) is 0 Å². The highest BCUT2D eigenvalue weighted by molar-refractivity contribution is 5.13. The highest BCUT2D eigenvalue weighted by Crippen LogP contribution is 2.12. The Morgan fingerprint density at radius 2 is 1.93 bits per heavy atom. The Morgan fingerprint density at radius 3 is 2.50 bits per heavy atom. The lowest BCUT2D eigenvalue weighted by Crippen LogP contribution is -2.28. The van der Waals surface area contributed by atoms with Gasteiger partial charge in [0.1, 0.15) is 0 Å². The zero-order chi connectivity index (χ0) is 10.4. The number of hydrogen-bond acceptors (Lipinski definition) is 2. The molecule has 0 amide bonds. The molecule has 1 unspecified atom stereocenters. The van der Waals surface area contributed by atoms with Gasteiger partial charge in [-0.15, -0.1) is 0 Å². The van der Waals surface area contributed by atoms with Crippen molar-refractivity contribution in [2.45, 2.75) is 45.7 Å². The zero-order valence-electron chi connectivity index (χ0n) is 9.33. The van der Waals surface area contributed by atoms with Gasteiger partial charge in [0.05, 0.1) is 0 Å². The van der Waals surface area contributed by atoms with Crippen molar-refractivity contribution in [1.29, 1.82) is 0 Å². The standard InChI is InChI=1S/C12H20N2/c1-4-5-10(2)14-11(3)12-6-8-13-9-7-12/h6-11,14H,4-5H2,1-3H3/t10?,11-/m1/s1. The van der Waals surface area contributed by atoms with Gasteiger partial charge in [-0.3, -0.25) is 4.98 Å². The molecule has 0 aliphatic rings. The van der Waals surface area contributed by atoms with E-state index in [9.17, 15) is 0 Å². The van der Waals surface area contributed by atoms with Crippen molar-refractivity contribution in [3.8, 4) is 0 Å². The average Bonchev–Trinajstić information content (AvgIpc) is 2.19. The molecule has 2 nitrogen and oxygen atoms in total. The second kappa shape index (κ2) is 5.76. The molecule has 1 N–H and O–H groups in total. The predicted molar refractivity (Wildman–Crippen MR) is 60.2 cm³/mol. The summed E-state index contributed by atoms with van der Waals surface area (Å²) in [4.78, 5) is 4.02. The Labute approximate surface area is 86.8 Å². The number of nitrogens with one attached hydrogen (secondary N) is 1. The van der Waals surface area contributed by atoms with Crippen LogP contribution in [0.3, 0.4) is 0 Å². The van der Waals surface area contributed by atoms with Crippen LogP contribution in [0.2, 0.25) is 0 Å². The Hall–Kier alpha value is -0.890. The van der Waals surface area contributed by atoms with E-state index < -0.39 is 0 Å². The largest absolute Gasteiger partial charge is 0.308 e. The summed E-state index contributed by atoms with van der Waals surface area (Å²) in [6.07, 6.45) is 6.16. The highest BCUT2D eigenvalue weighted by Gasteiger charge is 2.07. The minimum absolute atomic E-state index is 0.416. The molecule has 2 heteroatoms. The number of nitrogens with zero attached hydrogens (tertiary/aromatic N) is 1. The molecule has 0 saturated heterocycles. The van der Waals surface area contributed by atoms with Gasteiger partial charge >= 0.3 is 0 Å². The van der Waals surface area contributed by atoms with Crippen LogP contribution in [0.15, 0.2) is 24.5 Å². The van der Waals surface area contributed by atoms with E-state index in [1.807, 2.05) is 12.4 Å². The summed E-state index contributed by atoms with van der Waals surface area (Å²) in [7, 11) is 0. The smallest absolute Gasteiger partial charge is 0.0295 e. The van der Waals surface area contributed by atoms with E-state index in [4.69, 9.17) is 0 Å². The van der Waals surface area contributed by atoms with Crippen LogP contribution < -0.4 is 5.32 Å². The average molecular weight is 192 g/mol. The van der Waals surface area contributed by atoms with Gasteiger partial charge in [-0.25, -0.2) is 0 Å². The van der Waals surface area contributed by atoms with Gasteiger partial charge in [-0.05, 0) is 38.0 Å². The van der Waals surface area contributed by atoms with Gasteiger partial charge in [-0.2, -0.15) is 0 Å². The first-order valence-corrected chi connectivity index (χ1v) is 5.40.